The van der Waals surface area contributed by atoms with Gasteiger partial charge in [0, 0.05) is 54.4 Å². The molecule has 0 spiro atoms. The van der Waals surface area contributed by atoms with Crippen LogP contribution in [0.15, 0.2) is 85.3 Å². The molecule has 0 saturated carbocycles. The quantitative estimate of drug-likeness (QED) is 0.278. The van der Waals surface area contributed by atoms with Crippen molar-refractivity contribution >= 4 is 17.9 Å². The van der Waals surface area contributed by atoms with E-state index in [4.69, 9.17) is 5.10 Å². The zero-order chi connectivity index (χ0) is 25.3. The number of pyridine rings is 1. The van der Waals surface area contributed by atoms with Crippen LogP contribution >= 0.6 is 0 Å². The fraction of sp³-hybridized carbons (Fsp3) is 0.143. The van der Waals surface area contributed by atoms with Crippen molar-refractivity contribution in [1.29, 1.82) is 0 Å². The molecule has 0 unspecified atom stereocenters. The normalized spacial score (nSPS) is 10.9. The summed E-state index contributed by atoms with van der Waals surface area (Å²) < 4.78 is 15.5. The van der Waals surface area contributed by atoms with Gasteiger partial charge in [-0.15, -0.1) is 0 Å². The van der Waals surface area contributed by atoms with E-state index in [2.05, 4.69) is 15.6 Å². The van der Waals surface area contributed by atoms with E-state index in [0.29, 0.717) is 12.1 Å². The van der Waals surface area contributed by atoms with Crippen molar-refractivity contribution in [1.82, 2.24) is 25.4 Å². The fourth-order valence-electron chi connectivity index (χ4n) is 3.56. The number of nitrogens with one attached hydrogen (secondary N) is 2. The molecule has 2 amide bonds. The summed E-state index contributed by atoms with van der Waals surface area (Å²) in [6.07, 6.45) is 8.46. The van der Waals surface area contributed by atoms with Gasteiger partial charge in [-0.1, -0.05) is 36.4 Å². The highest BCUT2D eigenvalue weighted by Crippen LogP contribution is 2.23. The van der Waals surface area contributed by atoms with Crippen LogP contribution in [-0.2, 0) is 11.3 Å². The molecule has 182 valence electrons. The highest BCUT2D eigenvalue weighted by molar-refractivity contribution is 5.94. The molecule has 8 heteroatoms. The Balaban J connectivity index is 1.36. The lowest BCUT2D eigenvalue weighted by atomic mass is 10.1. The van der Waals surface area contributed by atoms with Crippen LogP contribution in [-0.4, -0.2) is 39.7 Å². The molecule has 4 rings (SSSR count). The van der Waals surface area contributed by atoms with Gasteiger partial charge in [-0.25, -0.2) is 4.39 Å². The largest absolute Gasteiger partial charge is 0.351 e. The van der Waals surface area contributed by atoms with Crippen molar-refractivity contribution in [2.45, 2.75) is 13.5 Å². The number of hydrogen-bond donors (Lipinski definition) is 2. The summed E-state index contributed by atoms with van der Waals surface area (Å²) in [4.78, 5) is 28.7. The summed E-state index contributed by atoms with van der Waals surface area (Å²) in [5.74, 6) is -1.14. The van der Waals surface area contributed by atoms with Crippen LogP contribution < -0.4 is 10.6 Å². The molecule has 0 aliphatic carbocycles. The number of aryl methyl sites for hydroxylation is 1. The third kappa shape index (κ3) is 6.50. The zero-order valence-corrected chi connectivity index (χ0v) is 19.8. The second kappa shape index (κ2) is 11.7. The molecule has 2 heterocycles. The minimum absolute atomic E-state index is 0.212. The molecule has 0 aliphatic rings. The second-order valence-corrected chi connectivity index (χ2v) is 8.20. The van der Waals surface area contributed by atoms with Gasteiger partial charge in [-0.05, 0) is 48.4 Å². The summed E-state index contributed by atoms with van der Waals surface area (Å²) in [6, 6.07) is 18.1. The van der Waals surface area contributed by atoms with Crippen LogP contribution in [0.25, 0.3) is 17.3 Å². The number of rotatable bonds is 9. The third-order valence-electron chi connectivity index (χ3n) is 5.47. The molecule has 0 radical (unpaired) electrons. The summed E-state index contributed by atoms with van der Waals surface area (Å²) in [5, 5.41) is 10.1. The SMILES string of the molecule is Cc1ccc(C(=O)NCCNC(=O)/C=C/c2cn(Cc3ccccc3)nc2-c2cccnc2)cc1F. The van der Waals surface area contributed by atoms with E-state index >= 15 is 0 Å². The van der Waals surface area contributed by atoms with Gasteiger partial charge in [0.2, 0.25) is 5.91 Å². The first-order valence-electron chi connectivity index (χ1n) is 11.5. The maximum absolute atomic E-state index is 13.7. The second-order valence-electron chi connectivity index (χ2n) is 8.20. The monoisotopic (exact) mass is 483 g/mol. The van der Waals surface area contributed by atoms with Crippen molar-refractivity contribution < 1.29 is 14.0 Å². The van der Waals surface area contributed by atoms with Crippen LogP contribution in [0.1, 0.15) is 27.0 Å². The molecular weight excluding hydrogens is 457 g/mol. The van der Waals surface area contributed by atoms with Crippen molar-refractivity contribution in [3.8, 4) is 11.3 Å². The molecule has 0 fully saturated rings. The zero-order valence-electron chi connectivity index (χ0n) is 19.8. The Morgan fingerprint density at radius 2 is 1.83 bits per heavy atom. The third-order valence-corrected chi connectivity index (χ3v) is 5.47. The van der Waals surface area contributed by atoms with Gasteiger partial charge in [-0.3, -0.25) is 19.3 Å². The molecule has 2 N–H and O–H groups in total. The topological polar surface area (TPSA) is 88.9 Å². The molecular formula is C28H26FN5O2. The van der Waals surface area contributed by atoms with Gasteiger partial charge >= 0.3 is 0 Å². The number of carbonyl (C=O) groups is 2. The van der Waals surface area contributed by atoms with E-state index < -0.39 is 11.7 Å². The van der Waals surface area contributed by atoms with Gasteiger partial charge in [0.25, 0.3) is 5.91 Å². The lowest BCUT2D eigenvalue weighted by Crippen LogP contribution is -2.34. The van der Waals surface area contributed by atoms with Crippen LogP contribution in [0.2, 0.25) is 0 Å². The molecule has 0 atom stereocenters. The molecule has 0 bridgehead atoms. The van der Waals surface area contributed by atoms with Gasteiger partial charge in [-0.2, -0.15) is 5.10 Å². The number of benzene rings is 2. The molecule has 2 aromatic heterocycles. The number of hydrogen-bond acceptors (Lipinski definition) is 4. The average molecular weight is 484 g/mol. The Bertz CT molecular complexity index is 1370. The van der Waals surface area contributed by atoms with Gasteiger partial charge in [0.1, 0.15) is 11.5 Å². The molecule has 7 nitrogen and oxygen atoms in total. The predicted molar refractivity (Wildman–Crippen MR) is 137 cm³/mol. The molecule has 36 heavy (non-hydrogen) atoms. The summed E-state index contributed by atoms with van der Waals surface area (Å²) in [7, 11) is 0. The minimum Gasteiger partial charge on any atom is -0.351 e. The molecule has 0 aliphatic heterocycles. The van der Waals surface area contributed by atoms with Gasteiger partial charge < -0.3 is 10.6 Å². The fourth-order valence-corrected chi connectivity index (χ4v) is 3.56. The van der Waals surface area contributed by atoms with E-state index in [-0.39, 0.29) is 24.6 Å². The number of halogens is 1. The highest BCUT2D eigenvalue weighted by atomic mass is 19.1. The Morgan fingerprint density at radius 3 is 2.58 bits per heavy atom. The molecule has 0 saturated heterocycles. The Hall–Kier alpha value is -4.59. The van der Waals surface area contributed by atoms with Crippen molar-refractivity contribution in [3.05, 3.63) is 113 Å². The van der Waals surface area contributed by atoms with Crippen LogP contribution in [0, 0.1) is 12.7 Å². The van der Waals surface area contributed by atoms with Gasteiger partial charge in [0.15, 0.2) is 0 Å². The maximum atomic E-state index is 13.7. The predicted octanol–water partition coefficient (Wildman–Crippen LogP) is 4.00. The number of aromatic nitrogens is 3. The Labute approximate surface area is 208 Å². The lowest BCUT2D eigenvalue weighted by Gasteiger charge is -2.06. The Morgan fingerprint density at radius 1 is 1.03 bits per heavy atom. The highest BCUT2D eigenvalue weighted by Gasteiger charge is 2.11. The van der Waals surface area contributed by atoms with E-state index in [1.165, 1.54) is 12.1 Å². The lowest BCUT2D eigenvalue weighted by molar-refractivity contribution is -0.116. The standard InChI is InChI=1S/C28H26FN5O2/c1-20-9-10-22(16-25(20)29)28(36)32-15-14-31-26(35)12-11-24-19-34(18-21-6-3-2-4-7-21)33-27(24)23-8-5-13-30-17-23/h2-13,16-17,19H,14-15,18H2,1H3,(H,31,35)(H,32,36)/b12-11+. The first-order valence-corrected chi connectivity index (χ1v) is 11.5. The van der Waals surface area contributed by atoms with Crippen molar-refractivity contribution in [3.63, 3.8) is 0 Å². The Kier molecular flexibility index (Phi) is 7.97. The minimum atomic E-state index is -0.432. The number of nitrogens with zero attached hydrogens (tertiary/aromatic N) is 3. The van der Waals surface area contributed by atoms with Crippen LogP contribution in [0.3, 0.4) is 0 Å². The maximum Gasteiger partial charge on any atom is 0.251 e. The van der Waals surface area contributed by atoms with E-state index in [0.717, 1.165) is 22.4 Å². The van der Waals surface area contributed by atoms with Crippen LogP contribution in [0.4, 0.5) is 4.39 Å². The first kappa shape index (κ1) is 24.5. The molecule has 4 aromatic rings. The number of amides is 2. The smallest absolute Gasteiger partial charge is 0.251 e. The van der Waals surface area contributed by atoms with Crippen molar-refractivity contribution in [2.75, 3.05) is 13.1 Å². The van der Waals surface area contributed by atoms with E-state index in [1.54, 1.807) is 37.5 Å². The summed E-state index contributed by atoms with van der Waals surface area (Å²) in [6.45, 7) is 2.67. The van der Waals surface area contributed by atoms with E-state index in [9.17, 15) is 14.0 Å². The van der Waals surface area contributed by atoms with Crippen LogP contribution in [0.5, 0.6) is 0 Å². The van der Waals surface area contributed by atoms with Crippen molar-refractivity contribution in [2.24, 2.45) is 0 Å². The average Bonchev–Trinajstić information content (AvgIpc) is 3.30. The first-order chi connectivity index (χ1) is 17.5. The van der Waals surface area contributed by atoms with E-state index in [1.807, 2.05) is 53.3 Å². The summed E-state index contributed by atoms with van der Waals surface area (Å²) >= 11 is 0. The summed E-state index contributed by atoms with van der Waals surface area (Å²) in [5.41, 5.74) is 4.17. The number of carbonyl (C=O) groups excluding carboxylic acids is 2. The van der Waals surface area contributed by atoms with Gasteiger partial charge in [0.05, 0.1) is 6.54 Å². The molecule has 2 aromatic carbocycles.